The number of carbonyl (C=O) groups is 1. The summed E-state index contributed by atoms with van der Waals surface area (Å²) < 4.78 is 0. The van der Waals surface area contributed by atoms with E-state index < -0.39 is 11.5 Å². The van der Waals surface area contributed by atoms with Gasteiger partial charge in [0, 0.05) is 29.7 Å². The largest absolute Gasteiger partial charge is 0.394 e. The van der Waals surface area contributed by atoms with Crippen LogP contribution in [0.5, 0.6) is 0 Å². The molecule has 4 rings (SSSR count). The van der Waals surface area contributed by atoms with E-state index >= 15 is 0 Å². The molecular formula is C29H34ClN3O3. The molecule has 1 saturated heterocycles. The molecule has 2 N–H and O–H groups in total. The average Bonchev–Trinajstić information content (AvgIpc) is 3.23. The third-order valence-electron chi connectivity index (χ3n) is 7.07. The minimum atomic E-state index is -0.775. The highest BCUT2D eigenvalue weighted by molar-refractivity contribution is 6.33. The van der Waals surface area contributed by atoms with Gasteiger partial charge in [-0.2, -0.15) is 0 Å². The Balaban J connectivity index is 1.79. The molecule has 0 aliphatic carbocycles. The average molecular weight is 508 g/mol. The molecule has 190 valence electrons. The number of aliphatic hydroxyl groups is 2. The van der Waals surface area contributed by atoms with Crippen LogP contribution in [0.2, 0.25) is 5.02 Å². The van der Waals surface area contributed by atoms with Crippen molar-refractivity contribution in [2.24, 2.45) is 0 Å². The van der Waals surface area contributed by atoms with Crippen LogP contribution in [0.4, 0.5) is 11.5 Å². The Morgan fingerprint density at radius 1 is 1.14 bits per heavy atom. The predicted molar refractivity (Wildman–Crippen MR) is 146 cm³/mol. The van der Waals surface area contributed by atoms with Crippen LogP contribution >= 0.6 is 11.6 Å². The molecular weight excluding hydrogens is 474 g/mol. The number of nitrogens with zero attached hydrogens (tertiary/aromatic N) is 3. The Kier molecular flexibility index (Phi) is 7.41. The van der Waals surface area contributed by atoms with Crippen LogP contribution in [0, 0.1) is 13.8 Å². The standard InChI is InChI=1S/C29H34ClN3O3/c1-18-10-19(2)12-20(11-18)29(3,4)28(36)32(5)26-15-31-27(33-16-22(35)13-21(33)17-34)14-24(26)23-8-6-7-9-25(23)30/h6-12,14-15,21-22,34-35H,13,16-17H2,1-5H3/t21-,22+/m0/s1. The molecule has 0 unspecified atom stereocenters. The number of aryl methyl sites for hydroxylation is 2. The van der Waals surface area contributed by atoms with Gasteiger partial charge in [0.1, 0.15) is 5.82 Å². The number of aromatic nitrogens is 1. The molecule has 36 heavy (non-hydrogen) atoms. The van der Waals surface area contributed by atoms with E-state index in [1.54, 1.807) is 18.1 Å². The number of amides is 1. The fraction of sp³-hybridized carbons (Fsp3) is 0.379. The van der Waals surface area contributed by atoms with Gasteiger partial charge in [-0.1, -0.05) is 59.1 Å². The topological polar surface area (TPSA) is 76.9 Å². The Morgan fingerprint density at radius 2 is 1.81 bits per heavy atom. The maximum atomic E-state index is 13.9. The Bertz CT molecular complexity index is 1260. The third-order valence-corrected chi connectivity index (χ3v) is 7.40. The van der Waals surface area contributed by atoms with E-state index in [9.17, 15) is 15.0 Å². The fourth-order valence-corrected chi connectivity index (χ4v) is 5.33. The first-order valence-electron chi connectivity index (χ1n) is 12.2. The Labute approximate surface area is 218 Å². The molecule has 1 aliphatic rings. The molecule has 1 amide bonds. The number of likely N-dealkylation sites (N-methyl/N-ethyl adjacent to an activating group) is 1. The Hall–Kier alpha value is -2.93. The fourth-order valence-electron chi connectivity index (χ4n) is 5.09. The van der Waals surface area contributed by atoms with Crippen LogP contribution in [0.25, 0.3) is 11.1 Å². The molecule has 7 heteroatoms. The number of pyridine rings is 1. The second kappa shape index (κ2) is 10.2. The van der Waals surface area contributed by atoms with Crippen molar-refractivity contribution in [3.05, 3.63) is 76.4 Å². The van der Waals surface area contributed by atoms with E-state index in [2.05, 4.69) is 23.2 Å². The molecule has 1 aliphatic heterocycles. The summed E-state index contributed by atoms with van der Waals surface area (Å²) in [6.07, 6.45) is 1.63. The van der Waals surface area contributed by atoms with Gasteiger partial charge in [-0.05, 0) is 51.8 Å². The number of halogens is 1. The quantitative estimate of drug-likeness (QED) is 0.496. The van der Waals surface area contributed by atoms with Gasteiger partial charge < -0.3 is 20.0 Å². The lowest BCUT2D eigenvalue weighted by Gasteiger charge is -2.32. The van der Waals surface area contributed by atoms with E-state index in [1.807, 2.05) is 62.9 Å². The summed E-state index contributed by atoms with van der Waals surface area (Å²) in [6.45, 7) is 8.25. The minimum Gasteiger partial charge on any atom is -0.394 e. The Morgan fingerprint density at radius 3 is 2.44 bits per heavy atom. The van der Waals surface area contributed by atoms with Crippen LogP contribution in [0.3, 0.4) is 0 Å². The maximum absolute atomic E-state index is 13.9. The van der Waals surface area contributed by atoms with Crippen LogP contribution in [-0.4, -0.2) is 53.4 Å². The van der Waals surface area contributed by atoms with Crippen LogP contribution in [0.1, 0.15) is 37.0 Å². The lowest BCUT2D eigenvalue weighted by atomic mass is 9.81. The molecule has 2 atom stereocenters. The van der Waals surface area contributed by atoms with Gasteiger partial charge in [-0.3, -0.25) is 4.79 Å². The van der Waals surface area contributed by atoms with Crippen LogP contribution < -0.4 is 9.80 Å². The van der Waals surface area contributed by atoms with Crippen molar-refractivity contribution in [1.29, 1.82) is 0 Å². The molecule has 1 fully saturated rings. The number of β-amino-alcohol motifs (C(OH)–C–C–N with tert-alkyl or cyclic N) is 1. The van der Waals surface area contributed by atoms with E-state index in [-0.39, 0.29) is 18.6 Å². The lowest BCUT2D eigenvalue weighted by Crippen LogP contribution is -2.42. The highest BCUT2D eigenvalue weighted by Crippen LogP contribution is 2.39. The molecule has 0 radical (unpaired) electrons. The minimum absolute atomic E-state index is 0.0693. The van der Waals surface area contributed by atoms with Gasteiger partial charge in [0.05, 0.1) is 36.1 Å². The highest BCUT2D eigenvalue weighted by Gasteiger charge is 2.35. The smallest absolute Gasteiger partial charge is 0.236 e. The summed E-state index contributed by atoms with van der Waals surface area (Å²) in [4.78, 5) is 22.2. The summed E-state index contributed by atoms with van der Waals surface area (Å²) >= 11 is 6.61. The zero-order chi connectivity index (χ0) is 26.2. The van der Waals surface area contributed by atoms with Gasteiger partial charge in [0.25, 0.3) is 0 Å². The number of aliphatic hydroxyl groups excluding tert-OH is 2. The monoisotopic (exact) mass is 507 g/mol. The summed E-state index contributed by atoms with van der Waals surface area (Å²) in [6, 6.07) is 15.4. The molecule has 0 bridgehead atoms. The molecule has 0 saturated carbocycles. The van der Waals surface area contributed by atoms with E-state index in [0.717, 1.165) is 27.8 Å². The zero-order valence-corrected chi connectivity index (χ0v) is 22.3. The summed E-state index contributed by atoms with van der Waals surface area (Å²) in [5.74, 6) is 0.555. The predicted octanol–water partition coefficient (Wildman–Crippen LogP) is 4.89. The van der Waals surface area contributed by atoms with Crippen molar-refractivity contribution in [3.8, 4) is 11.1 Å². The van der Waals surface area contributed by atoms with Crippen molar-refractivity contribution >= 4 is 29.0 Å². The summed E-state index contributed by atoms with van der Waals surface area (Å²) in [5, 5.41) is 20.6. The summed E-state index contributed by atoms with van der Waals surface area (Å²) in [7, 11) is 1.76. The molecule has 0 spiro atoms. The van der Waals surface area contributed by atoms with Gasteiger partial charge in [-0.15, -0.1) is 0 Å². The molecule has 2 heterocycles. The number of anilines is 2. The van der Waals surface area contributed by atoms with Crippen molar-refractivity contribution in [1.82, 2.24) is 4.98 Å². The highest BCUT2D eigenvalue weighted by atomic mass is 35.5. The maximum Gasteiger partial charge on any atom is 0.236 e. The van der Waals surface area contributed by atoms with Gasteiger partial charge in [0.15, 0.2) is 0 Å². The lowest BCUT2D eigenvalue weighted by molar-refractivity contribution is -0.122. The van der Waals surface area contributed by atoms with Crippen molar-refractivity contribution < 1.29 is 15.0 Å². The second-order valence-corrected chi connectivity index (χ2v) is 10.7. The number of carbonyl (C=O) groups excluding carboxylic acids is 1. The first-order valence-corrected chi connectivity index (χ1v) is 12.6. The molecule has 6 nitrogen and oxygen atoms in total. The normalized spacial score (nSPS) is 17.9. The zero-order valence-electron chi connectivity index (χ0n) is 21.5. The third kappa shape index (κ3) is 4.99. The molecule has 2 aromatic carbocycles. The van der Waals surface area contributed by atoms with E-state index in [4.69, 9.17) is 11.6 Å². The van der Waals surface area contributed by atoms with Crippen LogP contribution in [-0.2, 0) is 10.2 Å². The number of rotatable bonds is 6. The van der Waals surface area contributed by atoms with Crippen molar-refractivity contribution in [3.63, 3.8) is 0 Å². The first-order chi connectivity index (χ1) is 17.0. The van der Waals surface area contributed by atoms with Crippen LogP contribution in [0.15, 0.2) is 54.7 Å². The van der Waals surface area contributed by atoms with E-state index in [1.165, 1.54) is 0 Å². The number of hydrogen-bond donors (Lipinski definition) is 2. The van der Waals surface area contributed by atoms with Gasteiger partial charge in [-0.25, -0.2) is 4.98 Å². The summed E-state index contributed by atoms with van der Waals surface area (Å²) in [5.41, 5.74) is 4.58. The molecule has 1 aromatic heterocycles. The molecule has 3 aromatic rings. The SMILES string of the molecule is Cc1cc(C)cc(C(C)(C)C(=O)N(C)c2cnc(N3C[C@H](O)C[C@H]3CO)cc2-c2ccccc2Cl)c1. The number of hydrogen-bond acceptors (Lipinski definition) is 5. The van der Waals surface area contributed by atoms with Crippen molar-refractivity contribution in [2.75, 3.05) is 30.0 Å². The van der Waals surface area contributed by atoms with Gasteiger partial charge >= 0.3 is 0 Å². The van der Waals surface area contributed by atoms with Gasteiger partial charge in [0.2, 0.25) is 5.91 Å². The van der Waals surface area contributed by atoms with Crippen molar-refractivity contribution in [2.45, 2.75) is 51.7 Å². The van der Waals surface area contributed by atoms with E-state index in [0.29, 0.717) is 29.5 Å². The second-order valence-electron chi connectivity index (χ2n) is 10.3. The first kappa shape index (κ1) is 26.1. The number of benzene rings is 2.